The second-order valence-corrected chi connectivity index (χ2v) is 5.37. The van der Waals surface area contributed by atoms with Gasteiger partial charge in [-0.2, -0.15) is 0 Å². The zero-order valence-electron chi connectivity index (χ0n) is 11.9. The van der Waals surface area contributed by atoms with E-state index in [0.717, 1.165) is 37.1 Å². The van der Waals surface area contributed by atoms with Crippen molar-refractivity contribution in [1.29, 1.82) is 0 Å². The Morgan fingerprint density at radius 3 is 2.71 bits per heavy atom. The Balaban J connectivity index is 1.78. The summed E-state index contributed by atoms with van der Waals surface area (Å²) in [5.74, 6) is 0.797. The highest BCUT2D eigenvalue weighted by atomic mass is 16.3. The summed E-state index contributed by atoms with van der Waals surface area (Å²) in [6.45, 7) is 0.912. The lowest BCUT2D eigenvalue weighted by Crippen LogP contribution is -2.47. The standard InChI is InChI=1S/C17H20N2O2/c20-17(14-9-4-5-11-18-14)19-16(15-10-6-12-21-15)13-7-2-1-3-8-13/h1-3,6-8,10,12,14,16,18H,4-5,9,11H2,(H,19,20)/t14-,16?/m0/s1. The number of amides is 1. The number of nitrogens with one attached hydrogen (secondary N) is 2. The van der Waals surface area contributed by atoms with Crippen LogP contribution in [0.1, 0.15) is 36.6 Å². The van der Waals surface area contributed by atoms with E-state index < -0.39 is 0 Å². The van der Waals surface area contributed by atoms with Gasteiger partial charge in [0.15, 0.2) is 0 Å². The Morgan fingerprint density at radius 2 is 2.05 bits per heavy atom. The molecule has 1 aromatic carbocycles. The predicted octanol–water partition coefficient (Wildman–Crippen LogP) is 2.63. The van der Waals surface area contributed by atoms with Gasteiger partial charge in [-0.1, -0.05) is 36.8 Å². The van der Waals surface area contributed by atoms with Gasteiger partial charge in [-0.25, -0.2) is 0 Å². The summed E-state index contributed by atoms with van der Waals surface area (Å²) in [7, 11) is 0. The highest BCUT2D eigenvalue weighted by molar-refractivity contribution is 5.82. The lowest BCUT2D eigenvalue weighted by atomic mass is 10.0. The van der Waals surface area contributed by atoms with Crippen LogP contribution in [0.3, 0.4) is 0 Å². The van der Waals surface area contributed by atoms with Gasteiger partial charge in [0.2, 0.25) is 5.91 Å². The van der Waals surface area contributed by atoms with Crippen LogP contribution in [0.5, 0.6) is 0 Å². The van der Waals surface area contributed by atoms with Gasteiger partial charge < -0.3 is 15.1 Å². The minimum Gasteiger partial charge on any atom is -0.467 e. The lowest BCUT2D eigenvalue weighted by molar-refractivity contribution is -0.124. The van der Waals surface area contributed by atoms with Crippen LogP contribution in [-0.4, -0.2) is 18.5 Å². The monoisotopic (exact) mass is 284 g/mol. The number of furan rings is 1. The van der Waals surface area contributed by atoms with E-state index in [2.05, 4.69) is 10.6 Å². The SMILES string of the molecule is O=C(NC(c1ccccc1)c1ccco1)[C@@H]1CCCCN1. The van der Waals surface area contributed by atoms with Crippen LogP contribution in [-0.2, 0) is 4.79 Å². The third-order valence-corrected chi connectivity index (χ3v) is 3.87. The quantitative estimate of drug-likeness (QED) is 0.907. The van der Waals surface area contributed by atoms with Crippen LogP contribution >= 0.6 is 0 Å². The fraction of sp³-hybridized carbons (Fsp3) is 0.353. The Hall–Kier alpha value is -2.07. The molecule has 1 aromatic heterocycles. The Kier molecular flexibility index (Phi) is 4.36. The van der Waals surface area contributed by atoms with Crippen LogP contribution in [0.4, 0.5) is 0 Å². The van der Waals surface area contributed by atoms with Crippen LogP contribution in [0, 0.1) is 0 Å². The van der Waals surface area contributed by atoms with Crippen LogP contribution in [0.15, 0.2) is 53.1 Å². The van der Waals surface area contributed by atoms with E-state index in [4.69, 9.17) is 4.42 Å². The highest BCUT2D eigenvalue weighted by Crippen LogP contribution is 2.22. The minimum absolute atomic E-state index is 0.0416. The highest BCUT2D eigenvalue weighted by Gasteiger charge is 2.25. The van der Waals surface area contributed by atoms with Gasteiger partial charge in [-0.3, -0.25) is 4.79 Å². The Morgan fingerprint density at radius 1 is 1.19 bits per heavy atom. The molecule has 1 aliphatic rings. The van der Waals surface area contributed by atoms with E-state index in [0.29, 0.717) is 0 Å². The van der Waals surface area contributed by atoms with E-state index >= 15 is 0 Å². The normalized spacial score (nSPS) is 19.9. The first-order valence-corrected chi connectivity index (χ1v) is 7.47. The lowest BCUT2D eigenvalue weighted by Gasteiger charge is -2.25. The molecule has 0 spiro atoms. The molecule has 0 saturated carbocycles. The molecule has 4 heteroatoms. The average molecular weight is 284 g/mol. The Labute approximate surface area is 124 Å². The van der Waals surface area contributed by atoms with Gasteiger partial charge in [-0.15, -0.1) is 0 Å². The number of benzene rings is 1. The first-order chi connectivity index (χ1) is 10.3. The van der Waals surface area contributed by atoms with E-state index in [1.165, 1.54) is 0 Å². The summed E-state index contributed by atoms with van der Waals surface area (Å²) in [4.78, 5) is 12.5. The van der Waals surface area contributed by atoms with Crippen molar-refractivity contribution in [2.24, 2.45) is 0 Å². The van der Waals surface area contributed by atoms with E-state index in [-0.39, 0.29) is 18.0 Å². The zero-order valence-corrected chi connectivity index (χ0v) is 11.9. The number of rotatable bonds is 4. The van der Waals surface area contributed by atoms with Crippen molar-refractivity contribution in [2.45, 2.75) is 31.3 Å². The molecule has 4 nitrogen and oxygen atoms in total. The second-order valence-electron chi connectivity index (χ2n) is 5.37. The summed E-state index contributed by atoms with van der Waals surface area (Å²) < 4.78 is 5.50. The molecule has 110 valence electrons. The van der Waals surface area contributed by atoms with Crippen LogP contribution in [0.25, 0.3) is 0 Å². The largest absolute Gasteiger partial charge is 0.467 e. The van der Waals surface area contributed by atoms with E-state index in [9.17, 15) is 4.79 Å². The maximum Gasteiger partial charge on any atom is 0.237 e. The van der Waals surface area contributed by atoms with Crippen molar-refractivity contribution in [3.63, 3.8) is 0 Å². The second kappa shape index (κ2) is 6.59. The molecule has 1 saturated heterocycles. The van der Waals surface area contributed by atoms with Gasteiger partial charge in [-0.05, 0) is 37.1 Å². The molecule has 0 bridgehead atoms. The maximum atomic E-state index is 12.5. The van der Waals surface area contributed by atoms with Crippen molar-refractivity contribution < 1.29 is 9.21 Å². The molecule has 1 unspecified atom stereocenters. The number of hydrogen-bond donors (Lipinski definition) is 2. The predicted molar refractivity (Wildman–Crippen MR) is 80.8 cm³/mol. The molecule has 1 fully saturated rings. The number of carbonyl (C=O) groups excluding carboxylic acids is 1. The van der Waals surface area contributed by atoms with Gasteiger partial charge in [0.05, 0.1) is 12.3 Å². The van der Waals surface area contributed by atoms with Gasteiger partial charge >= 0.3 is 0 Å². The summed E-state index contributed by atoms with van der Waals surface area (Å²) in [5.41, 5.74) is 1.02. The van der Waals surface area contributed by atoms with Gasteiger partial charge in [0, 0.05) is 0 Å². The molecule has 1 aliphatic heterocycles. The third-order valence-electron chi connectivity index (χ3n) is 3.87. The molecule has 2 aromatic rings. The van der Waals surface area contributed by atoms with Crippen molar-refractivity contribution in [3.8, 4) is 0 Å². The molecular formula is C17H20N2O2. The van der Waals surface area contributed by atoms with Crippen LogP contribution < -0.4 is 10.6 Å². The molecule has 1 amide bonds. The molecule has 2 heterocycles. The first-order valence-electron chi connectivity index (χ1n) is 7.47. The van der Waals surface area contributed by atoms with Gasteiger partial charge in [0.25, 0.3) is 0 Å². The zero-order chi connectivity index (χ0) is 14.5. The topological polar surface area (TPSA) is 54.3 Å². The smallest absolute Gasteiger partial charge is 0.237 e. The molecule has 0 radical (unpaired) electrons. The van der Waals surface area contributed by atoms with E-state index in [1.54, 1.807) is 6.26 Å². The number of piperidine rings is 1. The summed E-state index contributed by atoms with van der Waals surface area (Å²) in [6, 6.07) is 13.3. The molecule has 0 aliphatic carbocycles. The van der Waals surface area contributed by atoms with Crippen molar-refractivity contribution in [1.82, 2.24) is 10.6 Å². The van der Waals surface area contributed by atoms with Crippen molar-refractivity contribution >= 4 is 5.91 Å². The molecule has 3 rings (SSSR count). The van der Waals surface area contributed by atoms with E-state index in [1.807, 2.05) is 42.5 Å². The number of carbonyl (C=O) groups is 1. The fourth-order valence-electron chi connectivity index (χ4n) is 2.74. The average Bonchev–Trinajstić information content (AvgIpc) is 3.08. The fourth-order valence-corrected chi connectivity index (χ4v) is 2.74. The molecule has 2 N–H and O–H groups in total. The third kappa shape index (κ3) is 3.34. The van der Waals surface area contributed by atoms with Gasteiger partial charge in [0.1, 0.15) is 11.8 Å². The number of hydrogen-bond acceptors (Lipinski definition) is 3. The molecule has 2 atom stereocenters. The summed E-state index contributed by atoms with van der Waals surface area (Å²) >= 11 is 0. The van der Waals surface area contributed by atoms with Crippen molar-refractivity contribution in [2.75, 3.05) is 6.54 Å². The van der Waals surface area contributed by atoms with Crippen molar-refractivity contribution in [3.05, 3.63) is 60.1 Å². The van der Waals surface area contributed by atoms with Crippen LogP contribution in [0.2, 0.25) is 0 Å². The molecular weight excluding hydrogens is 264 g/mol. The maximum absolute atomic E-state index is 12.5. The molecule has 21 heavy (non-hydrogen) atoms. The summed E-state index contributed by atoms with van der Waals surface area (Å²) in [6.07, 6.45) is 4.77. The summed E-state index contributed by atoms with van der Waals surface area (Å²) in [5, 5.41) is 6.39. The minimum atomic E-state index is -0.238. The first kappa shape index (κ1) is 13.9. The Bertz CT molecular complexity index is 560.